The minimum atomic E-state index is -1.04. The fourth-order valence-electron chi connectivity index (χ4n) is 2.56. The lowest BCUT2D eigenvalue weighted by Crippen LogP contribution is -2.09. The van der Waals surface area contributed by atoms with Crippen molar-refractivity contribution in [2.75, 3.05) is 0 Å². The quantitative estimate of drug-likeness (QED) is 0.625. The van der Waals surface area contributed by atoms with Crippen LogP contribution in [-0.4, -0.2) is 21.8 Å². The van der Waals surface area contributed by atoms with E-state index in [1.54, 1.807) is 24.3 Å². The molecule has 1 heterocycles. The number of benzene rings is 2. The average molecular weight is 383 g/mol. The highest BCUT2D eigenvalue weighted by Gasteiger charge is 2.22. The van der Waals surface area contributed by atoms with Crippen molar-refractivity contribution in [2.45, 2.75) is 6.42 Å². The zero-order valence-corrected chi connectivity index (χ0v) is 14.3. The Morgan fingerprint density at radius 1 is 1.00 bits per heavy atom. The lowest BCUT2D eigenvalue weighted by molar-refractivity contribution is -0.136. The van der Waals surface area contributed by atoms with Gasteiger partial charge in [-0.25, -0.2) is 0 Å². The summed E-state index contributed by atoms with van der Waals surface area (Å²) < 4.78 is 0. The molecule has 0 aliphatic heterocycles. The SMILES string of the molecule is O=C(O)Cc1c(C(=O)c2ccc(Cl)cc2Cl)[nH]c2cc(Cl)ccc12. The van der Waals surface area contributed by atoms with Crippen LogP contribution >= 0.6 is 34.8 Å². The van der Waals surface area contributed by atoms with Gasteiger partial charge in [-0.1, -0.05) is 40.9 Å². The van der Waals surface area contributed by atoms with Crippen molar-refractivity contribution >= 4 is 57.5 Å². The molecule has 0 fully saturated rings. The topological polar surface area (TPSA) is 70.2 Å². The summed E-state index contributed by atoms with van der Waals surface area (Å²) >= 11 is 17.9. The molecule has 0 amide bonds. The molecule has 1 aromatic heterocycles. The third kappa shape index (κ3) is 3.13. The van der Waals surface area contributed by atoms with Crippen LogP contribution in [0.15, 0.2) is 36.4 Å². The van der Waals surface area contributed by atoms with Gasteiger partial charge in [0.2, 0.25) is 5.78 Å². The lowest BCUT2D eigenvalue weighted by atomic mass is 10.0. The van der Waals surface area contributed by atoms with E-state index in [0.717, 1.165) is 0 Å². The number of aromatic amines is 1. The number of carbonyl (C=O) groups is 2. The highest BCUT2D eigenvalue weighted by Crippen LogP contribution is 2.30. The third-order valence-corrected chi connectivity index (χ3v) is 4.38. The molecule has 24 heavy (non-hydrogen) atoms. The molecule has 3 rings (SSSR count). The minimum absolute atomic E-state index is 0.180. The Kier molecular flexibility index (Phi) is 4.54. The predicted octanol–water partition coefficient (Wildman–Crippen LogP) is 4.99. The van der Waals surface area contributed by atoms with Crippen molar-refractivity contribution < 1.29 is 14.7 Å². The zero-order chi connectivity index (χ0) is 17.4. The van der Waals surface area contributed by atoms with Crippen molar-refractivity contribution in [3.05, 3.63) is 68.3 Å². The van der Waals surface area contributed by atoms with Crippen molar-refractivity contribution in [3.63, 3.8) is 0 Å². The van der Waals surface area contributed by atoms with E-state index in [1.165, 1.54) is 12.1 Å². The summed E-state index contributed by atoms with van der Waals surface area (Å²) in [6.07, 6.45) is -0.298. The van der Waals surface area contributed by atoms with Crippen molar-refractivity contribution in [2.24, 2.45) is 0 Å². The Bertz CT molecular complexity index is 979. The van der Waals surface area contributed by atoms with Gasteiger partial charge in [0.15, 0.2) is 0 Å². The Morgan fingerprint density at radius 2 is 1.67 bits per heavy atom. The van der Waals surface area contributed by atoms with Crippen LogP contribution in [-0.2, 0) is 11.2 Å². The number of H-pyrrole nitrogens is 1. The molecule has 0 spiro atoms. The van der Waals surface area contributed by atoms with Gasteiger partial charge >= 0.3 is 5.97 Å². The standard InChI is InChI=1S/C17H10Cl3NO3/c18-8-2-4-11(13(20)5-8)17(24)16-12(7-15(22)23)10-3-1-9(19)6-14(10)21-16/h1-6,21H,7H2,(H,22,23). The van der Waals surface area contributed by atoms with Crippen LogP contribution in [0.3, 0.4) is 0 Å². The smallest absolute Gasteiger partial charge is 0.307 e. The first-order chi connectivity index (χ1) is 11.4. The predicted molar refractivity (Wildman–Crippen MR) is 94.5 cm³/mol. The average Bonchev–Trinajstić information content (AvgIpc) is 2.83. The van der Waals surface area contributed by atoms with Crippen LogP contribution in [0.2, 0.25) is 15.1 Å². The normalized spacial score (nSPS) is 11.0. The second kappa shape index (κ2) is 6.48. The van der Waals surface area contributed by atoms with Crippen LogP contribution in [0.4, 0.5) is 0 Å². The molecule has 2 N–H and O–H groups in total. The number of carboxylic acids is 1. The largest absolute Gasteiger partial charge is 0.481 e. The lowest BCUT2D eigenvalue weighted by Gasteiger charge is -2.05. The first kappa shape index (κ1) is 16.8. The van der Waals surface area contributed by atoms with E-state index in [2.05, 4.69) is 4.98 Å². The van der Waals surface area contributed by atoms with E-state index < -0.39 is 11.8 Å². The Morgan fingerprint density at radius 3 is 2.33 bits per heavy atom. The molecule has 3 aromatic rings. The number of rotatable bonds is 4. The Balaban J connectivity index is 2.20. The number of hydrogen-bond donors (Lipinski definition) is 2. The fourth-order valence-corrected chi connectivity index (χ4v) is 3.23. The number of aliphatic carboxylic acids is 1. The monoisotopic (exact) mass is 381 g/mol. The summed E-state index contributed by atoms with van der Waals surface area (Å²) in [4.78, 5) is 27.0. The second-order valence-corrected chi connectivity index (χ2v) is 6.47. The van der Waals surface area contributed by atoms with Crippen LogP contribution in [0, 0.1) is 0 Å². The van der Waals surface area contributed by atoms with Crippen LogP contribution in [0.1, 0.15) is 21.6 Å². The zero-order valence-electron chi connectivity index (χ0n) is 12.1. The molecule has 0 unspecified atom stereocenters. The van der Waals surface area contributed by atoms with Gasteiger partial charge in [-0.05, 0) is 30.3 Å². The fraction of sp³-hybridized carbons (Fsp3) is 0.0588. The molecule has 4 nitrogen and oxygen atoms in total. The van der Waals surface area contributed by atoms with Gasteiger partial charge < -0.3 is 10.1 Å². The maximum Gasteiger partial charge on any atom is 0.307 e. The van der Waals surface area contributed by atoms with E-state index >= 15 is 0 Å². The van der Waals surface area contributed by atoms with Crippen molar-refractivity contribution in [3.8, 4) is 0 Å². The number of hydrogen-bond acceptors (Lipinski definition) is 2. The molecule has 0 bridgehead atoms. The molecule has 0 aliphatic carbocycles. The van der Waals surface area contributed by atoms with Gasteiger partial charge in [-0.15, -0.1) is 0 Å². The molecular weight excluding hydrogens is 373 g/mol. The van der Waals surface area contributed by atoms with Gasteiger partial charge in [0.05, 0.1) is 17.1 Å². The Hall–Kier alpha value is -2.01. The van der Waals surface area contributed by atoms with Crippen molar-refractivity contribution in [1.82, 2.24) is 4.98 Å². The summed E-state index contributed by atoms with van der Waals surface area (Å²) in [6.45, 7) is 0. The third-order valence-electron chi connectivity index (χ3n) is 3.60. The number of halogens is 3. The van der Waals surface area contributed by atoms with E-state index in [9.17, 15) is 14.7 Å². The Labute approximate surface area is 152 Å². The molecule has 0 atom stereocenters. The molecule has 0 aliphatic rings. The highest BCUT2D eigenvalue weighted by molar-refractivity contribution is 6.37. The van der Waals surface area contributed by atoms with Crippen LogP contribution in [0.25, 0.3) is 10.9 Å². The molecule has 2 aromatic carbocycles. The number of carboxylic acid groups (broad SMARTS) is 1. The van der Waals surface area contributed by atoms with E-state index in [4.69, 9.17) is 34.8 Å². The first-order valence-electron chi connectivity index (χ1n) is 6.88. The maximum atomic E-state index is 12.9. The van der Waals surface area contributed by atoms with E-state index in [0.29, 0.717) is 26.5 Å². The minimum Gasteiger partial charge on any atom is -0.481 e. The van der Waals surface area contributed by atoms with Crippen molar-refractivity contribution in [1.29, 1.82) is 0 Å². The molecule has 0 radical (unpaired) electrons. The number of nitrogens with one attached hydrogen (secondary N) is 1. The number of fused-ring (bicyclic) bond motifs is 1. The summed E-state index contributed by atoms with van der Waals surface area (Å²) in [6, 6.07) is 9.50. The van der Waals surface area contributed by atoms with Gasteiger partial charge in [0.25, 0.3) is 0 Å². The molecular formula is C17H10Cl3NO3. The van der Waals surface area contributed by atoms with Gasteiger partial charge in [0, 0.05) is 32.1 Å². The van der Waals surface area contributed by atoms with Gasteiger partial charge in [-0.2, -0.15) is 0 Å². The number of carbonyl (C=O) groups excluding carboxylic acids is 1. The van der Waals surface area contributed by atoms with E-state index in [1.807, 2.05) is 0 Å². The van der Waals surface area contributed by atoms with Gasteiger partial charge in [0.1, 0.15) is 0 Å². The molecule has 0 saturated carbocycles. The number of aromatic nitrogens is 1. The summed E-state index contributed by atoms with van der Waals surface area (Å²) in [5, 5.41) is 10.9. The molecule has 7 heteroatoms. The summed E-state index contributed by atoms with van der Waals surface area (Å²) in [5.74, 6) is -1.44. The second-order valence-electron chi connectivity index (χ2n) is 5.19. The highest BCUT2D eigenvalue weighted by atomic mass is 35.5. The first-order valence-corrected chi connectivity index (χ1v) is 8.02. The molecule has 0 saturated heterocycles. The molecule has 122 valence electrons. The van der Waals surface area contributed by atoms with Crippen LogP contribution in [0.5, 0.6) is 0 Å². The van der Waals surface area contributed by atoms with Crippen LogP contribution < -0.4 is 0 Å². The van der Waals surface area contributed by atoms with E-state index in [-0.39, 0.29) is 22.7 Å². The maximum absolute atomic E-state index is 12.9. The summed E-state index contributed by atoms with van der Waals surface area (Å²) in [7, 11) is 0. The van der Waals surface area contributed by atoms with Gasteiger partial charge in [-0.3, -0.25) is 9.59 Å². The number of ketones is 1. The summed E-state index contributed by atoms with van der Waals surface area (Å²) in [5.41, 5.74) is 1.40.